The van der Waals surface area contributed by atoms with Crippen molar-refractivity contribution >= 4 is 46.2 Å². The summed E-state index contributed by atoms with van der Waals surface area (Å²) >= 11 is 11.9. The molecule has 0 aliphatic carbocycles. The van der Waals surface area contributed by atoms with Gasteiger partial charge in [-0.3, -0.25) is 20.2 Å². The van der Waals surface area contributed by atoms with Gasteiger partial charge < -0.3 is 0 Å². The fourth-order valence-electron chi connectivity index (χ4n) is 3.23. The van der Waals surface area contributed by atoms with E-state index >= 15 is 0 Å². The normalized spacial score (nSPS) is 12.0. The summed E-state index contributed by atoms with van der Waals surface area (Å²) < 4.78 is 0. The van der Waals surface area contributed by atoms with E-state index in [1.165, 1.54) is 24.3 Å². The van der Waals surface area contributed by atoms with Crippen molar-refractivity contribution in [2.24, 2.45) is 0 Å². The molecular formula is C24H20Cl2N2O4. The molecule has 0 aromatic heterocycles. The molecule has 0 radical (unpaired) electrons. The molecule has 0 fully saturated rings. The van der Waals surface area contributed by atoms with E-state index in [4.69, 9.17) is 23.2 Å². The molecule has 0 saturated heterocycles. The van der Waals surface area contributed by atoms with Crippen LogP contribution in [0.25, 0.3) is 11.6 Å². The summed E-state index contributed by atoms with van der Waals surface area (Å²) in [6.07, 6.45) is 1.74. The second-order valence-corrected chi connectivity index (χ2v) is 9.09. The third kappa shape index (κ3) is 5.15. The first-order chi connectivity index (χ1) is 15.0. The van der Waals surface area contributed by atoms with Crippen LogP contribution in [0.5, 0.6) is 0 Å². The van der Waals surface area contributed by atoms with Crippen molar-refractivity contribution in [2.75, 3.05) is 0 Å². The minimum atomic E-state index is -0.551. The van der Waals surface area contributed by atoms with Crippen LogP contribution in [0.3, 0.4) is 0 Å². The lowest BCUT2D eigenvalue weighted by molar-refractivity contribution is -0.384. The van der Waals surface area contributed by atoms with E-state index in [0.717, 1.165) is 11.1 Å². The zero-order valence-corrected chi connectivity index (χ0v) is 19.1. The first kappa shape index (κ1) is 23.4. The Hall–Kier alpha value is -3.22. The lowest BCUT2D eigenvalue weighted by atomic mass is 9.85. The smallest absolute Gasteiger partial charge is 0.258 e. The summed E-state index contributed by atoms with van der Waals surface area (Å²) in [7, 11) is 0. The van der Waals surface area contributed by atoms with E-state index in [9.17, 15) is 20.2 Å². The van der Waals surface area contributed by atoms with E-state index in [1.54, 1.807) is 18.2 Å². The van der Waals surface area contributed by atoms with Crippen molar-refractivity contribution in [3.63, 3.8) is 0 Å². The van der Waals surface area contributed by atoms with Crippen LogP contribution >= 0.6 is 23.2 Å². The van der Waals surface area contributed by atoms with Gasteiger partial charge in [0.2, 0.25) is 0 Å². The molecule has 3 aromatic rings. The second-order valence-electron chi connectivity index (χ2n) is 8.28. The van der Waals surface area contributed by atoms with Gasteiger partial charge in [0, 0.05) is 12.1 Å². The molecule has 0 spiro atoms. The Kier molecular flexibility index (Phi) is 6.67. The van der Waals surface area contributed by atoms with Gasteiger partial charge >= 0.3 is 0 Å². The highest BCUT2D eigenvalue weighted by atomic mass is 35.5. The van der Waals surface area contributed by atoms with Crippen LogP contribution in [0.1, 0.15) is 43.0 Å². The van der Waals surface area contributed by atoms with E-state index in [1.807, 2.05) is 24.3 Å². The van der Waals surface area contributed by atoms with Gasteiger partial charge in [-0.25, -0.2) is 0 Å². The molecule has 3 rings (SSSR count). The molecule has 32 heavy (non-hydrogen) atoms. The van der Waals surface area contributed by atoms with Crippen molar-refractivity contribution in [1.29, 1.82) is 0 Å². The lowest BCUT2D eigenvalue weighted by Gasteiger charge is -2.19. The van der Waals surface area contributed by atoms with Crippen LogP contribution in [-0.2, 0) is 5.41 Å². The van der Waals surface area contributed by atoms with Crippen LogP contribution in [0.15, 0.2) is 60.7 Å². The highest BCUT2D eigenvalue weighted by Gasteiger charge is 2.18. The van der Waals surface area contributed by atoms with Crippen molar-refractivity contribution in [3.05, 3.63) is 113 Å². The molecule has 164 valence electrons. The summed E-state index contributed by atoms with van der Waals surface area (Å²) in [6, 6.07) is 16.9. The molecule has 0 aliphatic rings. The molecule has 6 nitrogen and oxygen atoms in total. The Labute approximate surface area is 195 Å². The first-order valence-electron chi connectivity index (χ1n) is 9.68. The van der Waals surface area contributed by atoms with Gasteiger partial charge in [0.1, 0.15) is 10.0 Å². The van der Waals surface area contributed by atoms with Crippen molar-refractivity contribution in [2.45, 2.75) is 26.2 Å². The number of rotatable bonds is 5. The van der Waals surface area contributed by atoms with Gasteiger partial charge in [-0.2, -0.15) is 0 Å². The highest BCUT2D eigenvalue weighted by molar-refractivity contribution is 6.33. The summed E-state index contributed by atoms with van der Waals surface area (Å²) in [6.45, 7) is 6.32. The topological polar surface area (TPSA) is 86.3 Å². The van der Waals surface area contributed by atoms with Gasteiger partial charge in [-0.1, -0.05) is 80.4 Å². The average molecular weight is 471 g/mol. The zero-order valence-electron chi connectivity index (χ0n) is 17.6. The maximum atomic E-state index is 11.4. The third-order valence-electron chi connectivity index (χ3n) is 4.99. The van der Waals surface area contributed by atoms with Crippen molar-refractivity contribution in [3.8, 4) is 0 Å². The second kappa shape index (κ2) is 9.10. The molecule has 0 aliphatic heterocycles. The number of nitrogens with zero attached hydrogens (tertiary/aromatic N) is 2. The Morgan fingerprint density at radius 1 is 0.781 bits per heavy atom. The van der Waals surface area contributed by atoms with Gasteiger partial charge in [-0.05, 0) is 51.5 Å². The number of benzene rings is 3. The number of nitro benzene ring substituents is 2. The lowest BCUT2D eigenvalue weighted by Crippen LogP contribution is -2.10. The maximum absolute atomic E-state index is 11.4. The van der Waals surface area contributed by atoms with Crippen LogP contribution in [0.2, 0.25) is 10.0 Å². The summed E-state index contributed by atoms with van der Waals surface area (Å²) in [4.78, 5) is 21.6. The fourth-order valence-corrected chi connectivity index (χ4v) is 3.60. The Morgan fingerprint density at radius 2 is 1.28 bits per heavy atom. The van der Waals surface area contributed by atoms with Crippen molar-refractivity contribution in [1.82, 2.24) is 0 Å². The first-order valence-corrected chi connectivity index (χ1v) is 10.4. The SMILES string of the molecule is CC(C)(C)c1ccc(/C(=C\c2ccc(Cl)c([N+](=O)[O-])c2)c2ccc(Cl)c([N+](=O)[O-])c2)cc1. The molecule has 0 amide bonds. The van der Waals surface area contributed by atoms with E-state index in [-0.39, 0.29) is 26.8 Å². The van der Waals surface area contributed by atoms with Gasteiger partial charge in [0.05, 0.1) is 9.85 Å². The van der Waals surface area contributed by atoms with Gasteiger partial charge in [0.25, 0.3) is 11.4 Å². The largest absolute Gasteiger partial charge is 0.288 e. The highest BCUT2D eigenvalue weighted by Crippen LogP contribution is 2.34. The van der Waals surface area contributed by atoms with Crippen LogP contribution in [-0.4, -0.2) is 9.85 Å². The van der Waals surface area contributed by atoms with E-state index in [2.05, 4.69) is 20.8 Å². The standard InChI is InChI=1S/C24H20Cl2N2O4/c1-24(2,3)18-8-5-16(6-9-18)19(17-7-11-21(26)23(14-17)28(31)32)12-15-4-10-20(25)22(13-15)27(29)30/h4-14H,1-3H3/b19-12+. The number of hydrogen-bond acceptors (Lipinski definition) is 4. The molecule has 0 atom stereocenters. The number of halogens is 2. The van der Waals surface area contributed by atoms with Crippen molar-refractivity contribution < 1.29 is 9.85 Å². The quantitative estimate of drug-likeness (QED) is 0.217. The van der Waals surface area contributed by atoms with Gasteiger partial charge in [0.15, 0.2) is 0 Å². The zero-order chi connectivity index (χ0) is 23.6. The minimum absolute atomic E-state index is 0.0308. The summed E-state index contributed by atoms with van der Waals surface area (Å²) in [5.41, 5.74) is 3.20. The molecule has 0 unspecified atom stereocenters. The Morgan fingerprint density at radius 3 is 1.81 bits per heavy atom. The molecule has 0 saturated carbocycles. The number of hydrogen-bond donors (Lipinski definition) is 0. The predicted molar refractivity (Wildman–Crippen MR) is 128 cm³/mol. The van der Waals surface area contributed by atoms with E-state index in [0.29, 0.717) is 16.7 Å². The molecule has 0 bridgehead atoms. The van der Waals surface area contributed by atoms with Crippen LogP contribution in [0.4, 0.5) is 11.4 Å². The minimum Gasteiger partial charge on any atom is -0.258 e. The molecule has 0 heterocycles. The monoisotopic (exact) mass is 470 g/mol. The maximum Gasteiger partial charge on any atom is 0.288 e. The molecule has 8 heteroatoms. The summed E-state index contributed by atoms with van der Waals surface area (Å²) in [5.74, 6) is 0. The molecule has 3 aromatic carbocycles. The summed E-state index contributed by atoms with van der Waals surface area (Å²) in [5, 5.41) is 22.8. The Balaban J connectivity index is 2.22. The predicted octanol–water partition coefficient (Wildman–Crippen LogP) is 7.70. The Bertz CT molecular complexity index is 1230. The fraction of sp³-hybridized carbons (Fsp3) is 0.167. The van der Waals surface area contributed by atoms with Crippen LogP contribution in [0, 0.1) is 20.2 Å². The average Bonchev–Trinajstić information content (AvgIpc) is 2.72. The van der Waals surface area contributed by atoms with E-state index < -0.39 is 9.85 Å². The van der Waals surface area contributed by atoms with Gasteiger partial charge in [-0.15, -0.1) is 0 Å². The molecular weight excluding hydrogens is 451 g/mol. The third-order valence-corrected chi connectivity index (χ3v) is 5.63. The molecule has 0 N–H and O–H groups in total. The number of nitro groups is 2. The van der Waals surface area contributed by atoms with Crippen LogP contribution < -0.4 is 0 Å².